The molecule has 142 valence electrons. The van der Waals surface area contributed by atoms with Crippen molar-refractivity contribution in [2.24, 2.45) is 7.05 Å². The molecule has 0 saturated heterocycles. The lowest BCUT2D eigenvalue weighted by Gasteiger charge is -2.14. The highest BCUT2D eigenvalue weighted by atomic mass is 19.4. The molecule has 0 aliphatic rings. The van der Waals surface area contributed by atoms with Crippen LogP contribution in [-0.4, -0.2) is 40.9 Å². The van der Waals surface area contributed by atoms with Gasteiger partial charge in [0.1, 0.15) is 17.3 Å². The van der Waals surface area contributed by atoms with Crippen LogP contribution in [0.25, 0.3) is 10.9 Å². The van der Waals surface area contributed by atoms with E-state index in [0.29, 0.717) is 16.7 Å². The van der Waals surface area contributed by atoms with Gasteiger partial charge >= 0.3 is 6.18 Å². The molecule has 0 radical (unpaired) electrons. The molecular formula is C16H19F3N4O3. The van der Waals surface area contributed by atoms with Crippen LogP contribution in [0.4, 0.5) is 19.0 Å². The average Bonchev–Trinajstić information content (AvgIpc) is 2.88. The maximum Gasteiger partial charge on any atom is 0.389 e. The van der Waals surface area contributed by atoms with Gasteiger partial charge in [0.05, 0.1) is 13.5 Å². The van der Waals surface area contributed by atoms with Gasteiger partial charge in [0.2, 0.25) is 11.8 Å². The third-order valence-corrected chi connectivity index (χ3v) is 3.70. The third kappa shape index (κ3) is 4.64. The van der Waals surface area contributed by atoms with Crippen molar-refractivity contribution in [3.63, 3.8) is 0 Å². The van der Waals surface area contributed by atoms with Crippen LogP contribution in [0, 0.1) is 0 Å². The maximum atomic E-state index is 12.2. The normalized spacial score (nSPS) is 12.7. The Labute approximate surface area is 147 Å². The van der Waals surface area contributed by atoms with Crippen molar-refractivity contribution in [3.8, 4) is 5.75 Å². The first kappa shape index (κ1) is 19.5. The number of alkyl halides is 3. The highest BCUT2D eigenvalue weighted by molar-refractivity contribution is 6.03. The van der Waals surface area contributed by atoms with Gasteiger partial charge in [0.15, 0.2) is 5.82 Å². The molecular weight excluding hydrogens is 353 g/mol. The van der Waals surface area contributed by atoms with Gasteiger partial charge in [-0.2, -0.15) is 18.3 Å². The van der Waals surface area contributed by atoms with Gasteiger partial charge in [0, 0.05) is 18.9 Å². The highest BCUT2D eigenvalue weighted by Crippen LogP contribution is 2.30. The van der Waals surface area contributed by atoms with E-state index in [4.69, 9.17) is 4.74 Å². The molecule has 7 nitrogen and oxygen atoms in total. The number of methoxy groups -OCH3 is 1. The van der Waals surface area contributed by atoms with Gasteiger partial charge in [-0.15, -0.1) is 0 Å². The number of rotatable bonds is 6. The lowest BCUT2D eigenvalue weighted by atomic mass is 10.2. The Morgan fingerprint density at radius 1 is 1.35 bits per heavy atom. The van der Waals surface area contributed by atoms with Gasteiger partial charge in [-0.3, -0.25) is 14.3 Å². The molecule has 0 bridgehead atoms. The SMILES string of the molecule is COc1cccc2c(NC(=O)[C@H](C)NC(=O)CCC(F)(F)F)nn(C)c12. The number of halogens is 3. The smallest absolute Gasteiger partial charge is 0.389 e. The molecule has 2 rings (SSSR count). The number of hydrogen-bond donors (Lipinski definition) is 2. The van der Waals surface area contributed by atoms with Crippen LogP contribution >= 0.6 is 0 Å². The van der Waals surface area contributed by atoms with Crippen LogP contribution in [0.1, 0.15) is 19.8 Å². The molecule has 26 heavy (non-hydrogen) atoms. The lowest BCUT2D eigenvalue weighted by Crippen LogP contribution is -2.41. The first-order valence-electron chi connectivity index (χ1n) is 7.79. The van der Waals surface area contributed by atoms with Crippen LogP contribution in [0.5, 0.6) is 5.75 Å². The molecule has 0 aliphatic carbocycles. The average molecular weight is 372 g/mol. The summed E-state index contributed by atoms with van der Waals surface area (Å²) < 4.78 is 43.2. The fourth-order valence-corrected chi connectivity index (χ4v) is 2.42. The molecule has 10 heteroatoms. The zero-order valence-electron chi connectivity index (χ0n) is 14.5. The van der Waals surface area contributed by atoms with Crippen LogP contribution < -0.4 is 15.4 Å². The van der Waals surface area contributed by atoms with E-state index in [9.17, 15) is 22.8 Å². The molecule has 1 atom stereocenters. The molecule has 0 aliphatic heterocycles. The zero-order valence-corrected chi connectivity index (χ0v) is 14.5. The van der Waals surface area contributed by atoms with Gasteiger partial charge in [-0.1, -0.05) is 6.07 Å². The van der Waals surface area contributed by atoms with Crippen molar-refractivity contribution in [2.45, 2.75) is 32.0 Å². The molecule has 2 aromatic rings. The minimum Gasteiger partial charge on any atom is -0.494 e. The Hall–Kier alpha value is -2.78. The summed E-state index contributed by atoms with van der Waals surface area (Å²) in [5, 5.41) is 9.66. The summed E-state index contributed by atoms with van der Waals surface area (Å²) in [5.74, 6) is -0.597. The first-order valence-corrected chi connectivity index (χ1v) is 7.79. The predicted molar refractivity (Wildman–Crippen MR) is 88.8 cm³/mol. The summed E-state index contributed by atoms with van der Waals surface area (Å²) >= 11 is 0. The number of fused-ring (bicyclic) bond motifs is 1. The Bertz CT molecular complexity index is 817. The predicted octanol–water partition coefficient (Wildman–Crippen LogP) is 2.37. The first-order chi connectivity index (χ1) is 12.1. The van der Waals surface area contributed by atoms with Crippen LogP contribution in [0.2, 0.25) is 0 Å². The van der Waals surface area contributed by atoms with Crippen molar-refractivity contribution in [1.82, 2.24) is 15.1 Å². The lowest BCUT2D eigenvalue weighted by molar-refractivity contribution is -0.144. The summed E-state index contributed by atoms with van der Waals surface area (Å²) in [6, 6.07) is 4.21. The van der Waals surface area contributed by atoms with Crippen LogP contribution in [0.3, 0.4) is 0 Å². The fourth-order valence-electron chi connectivity index (χ4n) is 2.42. The van der Waals surface area contributed by atoms with Crippen molar-refractivity contribution in [1.29, 1.82) is 0 Å². The molecule has 0 spiro atoms. The quantitative estimate of drug-likeness (QED) is 0.815. The molecule has 2 N–H and O–H groups in total. The largest absolute Gasteiger partial charge is 0.494 e. The minimum absolute atomic E-state index is 0.266. The number of hydrogen-bond acceptors (Lipinski definition) is 4. The van der Waals surface area contributed by atoms with Crippen molar-refractivity contribution in [2.75, 3.05) is 12.4 Å². The summed E-state index contributed by atoms with van der Waals surface area (Å²) in [4.78, 5) is 23.8. The number of nitrogens with zero attached hydrogens (tertiary/aromatic N) is 2. The second kappa shape index (κ2) is 7.63. The standard InChI is InChI=1S/C16H19F3N4O3/c1-9(20-12(24)7-8-16(17,18)19)15(25)21-14-10-5-4-6-11(26-3)13(10)23(2)22-14/h4-6,9H,7-8H2,1-3H3,(H,20,24)(H,21,22,25)/t9-/m0/s1. The number of para-hydroxylation sites is 1. The van der Waals surface area contributed by atoms with E-state index in [2.05, 4.69) is 15.7 Å². The number of nitrogens with one attached hydrogen (secondary N) is 2. The maximum absolute atomic E-state index is 12.2. The molecule has 1 aromatic heterocycles. The van der Waals surface area contributed by atoms with Crippen LogP contribution in [-0.2, 0) is 16.6 Å². The monoisotopic (exact) mass is 372 g/mol. The van der Waals surface area contributed by atoms with E-state index in [-0.39, 0.29) is 5.82 Å². The minimum atomic E-state index is -4.42. The van der Waals surface area contributed by atoms with Gasteiger partial charge in [-0.25, -0.2) is 0 Å². The van der Waals surface area contributed by atoms with E-state index >= 15 is 0 Å². The van der Waals surface area contributed by atoms with E-state index in [1.807, 2.05) is 0 Å². The number of carbonyl (C=O) groups is 2. The Morgan fingerprint density at radius 3 is 2.65 bits per heavy atom. The Balaban J connectivity index is 2.06. The van der Waals surface area contributed by atoms with Crippen molar-refractivity contribution < 1.29 is 27.5 Å². The van der Waals surface area contributed by atoms with E-state index < -0.39 is 36.9 Å². The van der Waals surface area contributed by atoms with E-state index in [1.54, 1.807) is 25.2 Å². The number of aryl methyl sites for hydroxylation is 1. The summed E-state index contributed by atoms with van der Waals surface area (Å²) in [6.07, 6.45) is -6.39. The molecule has 0 saturated carbocycles. The van der Waals surface area contributed by atoms with Gasteiger partial charge in [0.25, 0.3) is 0 Å². The fraction of sp³-hybridized carbons (Fsp3) is 0.438. The van der Waals surface area contributed by atoms with E-state index in [0.717, 1.165) is 0 Å². The highest BCUT2D eigenvalue weighted by Gasteiger charge is 2.28. The van der Waals surface area contributed by atoms with Gasteiger partial charge in [-0.05, 0) is 19.1 Å². The molecule has 1 aromatic carbocycles. The molecule has 0 fully saturated rings. The van der Waals surface area contributed by atoms with Crippen LogP contribution in [0.15, 0.2) is 18.2 Å². The number of aromatic nitrogens is 2. The number of anilines is 1. The molecule has 0 unspecified atom stereocenters. The second-order valence-electron chi connectivity index (χ2n) is 5.72. The summed E-state index contributed by atoms with van der Waals surface area (Å²) in [7, 11) is 3.20. The number of ether oxygens (including phenoxy) is 1. The van der Waals surface area contributed by atoms with E-state index in [1.165, 1.54) is 18.7 Å². The molecule has 1 heterocycles. The molecule has 2 amide bonds. The number of amides is 2. The topological polar surface area (TPSA) is 85.2 Å². The Kier molecular flexibility index (Phi) is 5.73. The van der Waals surface area contributed by atoms with Crippen molar-refractivity contribution >= 4 is 28.5 Å². The third-order valence-electron chi connectivity index (χ3n) is 3.70. The number of benzene rings is 1. The number of carbonyl (C=O) groups excluding carboxylic acids is 2. The van der Waals surface area contributed by atoms with Gasteiger partial charge < -0.3 is 15.4 Å². The van der Waals surface area contributed by atoms with Crippen molar-refractivity contribution in [3.05, 3.63) is 18.2 Å². The Morgan fingerprint density at radius 2 is 2.04 bits per heavy atom. The second-order valence-corrected chi connectivity index (χ2v) is 5.72. The zero-order chi connectivity index (χ0) is 19.5. The summed E-state index contributed by atoms with van der Waals surface area (Å²) in [6.45, 7) is 1.38. The summed E-state index contributed by atoms with van der Waals surface area (Å²) in [5.41, 5.74) is 0.673.